The van der Waals surface area contributed by atoms with Crippen molar-refractivity contribution in [2.45, 2.75) is 0 Å². The van der Waals surface area contributed by atoms with Crippen LogP contribution >= 0.6 is 11.6 Å². The second kappa shape index (κ2) is 6.79. The van der Waals surface area contributed by atoms with E-state index < -0.39 is 0 Å². The van der Waals surface area contributed by atoms with Crippen LogP contribution in [0.5, 0.6) is 0 Å². The molecular weight excluding hydrogens is 332 g/mol. The summed E-state index contributed by atoms with van der Waals surface area (Å²) in [5.41, 5.74) is 4.06. The Morgan fingerprint density at radius 1 is 0.520 bits per heavy atom. The van der Waals surface area contributed by atoms with Crippen molar-refractivity contribution in [3.63, 3.8) is 0 Å². The van der Waals surface area contributed by atoms with Gasteiger partial charge in [-0.2, -0.15) is 0 Å². The molecule has 120 valence electrons. The van der Waals surface area contributed by atoms with Crippen LogP contribution in [0, 0.1) is 0 Å². The quantitative estimate of drug-likeness (QED) is 0.529. The minimum Gasteiger partial charge on any atom is -0.204 e. The predicted octanol–water partition coefficient (Wildman–Crippen LogP) is 4.92. The van der Waals surface area contributed by atoms with Gasteiger partial charge in [0.25, 0.3) is 0 Å². The molecule has 4 aromatic rings. The summed E-state index contributed by atoms with van der Waals surface area (Å²) in [4.78, 5) is 4.52. The third-order valence-electron chi connectivity index (χ3n) is 3.84. The Kier molecular flexibility index (Phi) is 4.19. The highest BCUT2D eigenvalue weighted by atomic mass is 35.5. The second-order valence-electron chi connectivity index (χ2n) is 5.50. The number of rotatable bonds is 3. The summed E-state index contributed by atoms with van der Waals surface area (Å²) in [6.07, 6.45) is 0. The van der Waals surface area contributed by atoms with Gasteiger partial charge in [-0.15, -0.1) is 10.2 Å². The summed E-state index contributed by atoms with van der Waals surface area (Å²) >= 11 is 5.92. The van der Waals surface area contributed by atoms with Gasteiger partial charge >= 0.3 is 0 Å². The lowest BCUT2D eigenvalue weighted by molar-refractivity contribution is 0.834. The van der Waals surface area contributed by atoms with E-state index in [-0.39, 0.29) is 0 Å². The molecule has 0 amide bonds. The Morgan fingerprint density at radius 3 is 1.60 bits per heavy atom. The van der Waals surface area contributed by atoms with E-state index in [1.807, 2.05) is 42.5 Å². The number of benzene rings is 3. The van der Waals surface area contributed by atoms with Gasteiger partial charge in [-0.05, 0) is 40.6 Å². The Morgan fingerprint density at radius 2 is 1.00 bits per heavy atom. The summed E-state index contributed by atoms with van der Waals surface area (Å²) in [6, 6.07) is 25.6. The summed E-state index contributed by atoms with van der Waals surface area (Å²) in [6.45, 7) is 0. The Hall–Kier alpha value is -3.11. The van der Waals surface area contributed by atoms with Crippen molar-refractivity contribution >= 4 is 11.6 Å². The fraction of sp³-hybridized carbons (Fsp3) is 0. The molecule has 4 nitrogen and oxygen atoms in total. The molecular formula is C20H13ClN4. The lowest BCUT2D eigenvalue weighted by atomic mass is 10.0. The van der Waals surface area contributed by atoms with Crippen LogP contribution in [0.15, 0.2) is 78.9 Å². The molecule has 0 atom stereocenters. The molecule has 0 unspecified atom stereocenters. The molecule has 0 saturated carbocycles. The van der Waals surface area contributed by atoms with Crippen molar-refractivity contribution in [3.8, 4) is 33.9 Å². The van der Waals surface area contributed by atoms with Crippen LogP contribution in [-0.4, -0.2) is 20.4 Å². The average Bonchev–Trinajstić information content (AvgIpc) is 2.69. The van der Waals surface area contributed by atoms with E-state index in [4.69, 9.17) is 11.6 Å². The van der Waals surface area contributed by atoms with Crippen LogP contribution in [0.4, 0.5) is 0 Å². The van der Waals surface area contributed by atoms with Gasteiger partial charge < -0.3 is 0 Å². The molecule has 0 fully saturated rings. The molecule has 0 saturated heterocycles. The monoisotopic (exact) mass is 344 g/mol. The van der Waals surface area contributed by atoms with Crippen LogP contribution < -0.4 is 0 Å². The van der Waals surface area contributed by atoms with E-state index in [1.165, 1.54) is 5.56 Å². The molecule has 0 aliphatic heterocycles. The molecule has 0 aliphatic carbocycles. The third-order valence-corrected chi connectivity index (χ3v) is 4.10. The lowest BCUT2D eigenvalue weighted by Gasteiger charge is -2.04. The smallest absolute Gasteiger partial charge is 0.185 e. The molecule has 1 aromatic heterocycles. The molecule has 0 spiro atoms. The third kappa shape index (κ3) is 3.39. The Balaban J connectivity index is 1.66. The summed E-state index contributed by atoms with van der Waals surface area (Å²) in [5.74, 6) is 1.06. The van der Waals surface area contributed by atoms with Gasteiger partial charge in [0.1, 0.15) is 0 Å². The van der Waals surface area contributed by atoms with Crippen LogP contribution in [-0.2, 0) is 0 Å². The fourth-order valence-electron chi connectivity index (χ4n) is 2.54. The first-order valence-electron chi connectivity index (χ1n) is 7.79. The van der Waals surface area contributed by atoms with Gasteiger partial charge in [0.2, 0.25) is 0 Å². The summed E-state index contributed by atoms with van der Waals surface area (Å²) < 4.78 is 0. The van der Waals surface area contributed by atoms with E-state index in [9.17, 15) is 0 Å². The number of halogens is 1. The van der Waals surface area contributed by atoms with Crippen molar-refractivity contribution < 1.29 is 0 Å². The highest BCUT2D eigenvalue weighted by Crippen LogP contribution is 2.24. The number of aromatic nitrogens is 4. The van der Waals surface area contributed by atoms with E-state index in [1.54, 1.807) is 12.1 Å². The molecule has 0 N–H and O–H groups in total. The zero-order valence-electron chi connectivity index (χ0n) is 13.2. The van der Waals surface area contributed by atoms with E-state index in [2.05, 4.69) is 44.7 Å². The van der Waals surface area contributed by atoms with Gasteiger partial charge in [0.05, 0.1) is 0 Å². The molecule has 0 radical (unpaired) electrons. The van der Waals surface area contributed by atoms with Crippen molar-refractivity contribution in [2.75, 3.05) is 0 Å². The van der Waals surface area contributed by atoms with Gasteiger partial charge in [-0.1, -0.05) is 66.2 Å². The second-order valence-corrected chi connectivity index (χ2v) is 5.94. The topological polar surface area (TPSA) is 51.6 Å². The molecule has 25 heavy (non-hydrogen) atoms. The minimum atomic E-state index is 0.522. The fourth-order valence-corrected chi connectivity index (χ4v) is 2.66. The highest BCUT2D eigenvalue weighted by molar-refractivity contribution is 6.30. The normalized spacial score (nSPS) is 10.6. The highest BCUT2D eigenvalue weighted by Gasteiger charge is 2.08. The molecule has 4 rings (SSSR count). The largest absolute Gasteiger partial charge is 0.204 e. The maximum absolute atomic E-state index is 5.92. The van der Waals surface area contributed by atoms with Crippen molar-refractivity contribution in [3.05, 3.63) is 83.9 Å². The van der Waals surface area contributed by atoms with E-state index in [0.29, 0.717) is 16.7 Å². The Labute approximate surface area is 150 Å². The summed E-state index contributed by atoms with van der Waals surface area (Å²) in [7, 11) is 0. The first-order chi connectivity index (χ1) is 12.3. The van der Waals surface area contributed by atoms with Crippen molar-refractivity contribution in [2.24, 2.45) is 0 Å². The molecule has 3 aromatic carbocycles. The molecule has 0 bridgehead atoms. The minimum absolute atomic E-state index is 0.522. The maximum atomic E-state index is 5.92. The maximum Gasteiger partial charge on any atom is 0.185 e. The van der Waals surface area contributed by atoms with Crippen LogP contribution in [0.2, 0.25) is 5.02 Å². The van der Waals surface area contributed by atoms with Gasteiger partial charge in [0, 0.05) is 16.1 Å². The molecule has 0 aliphatic rings. The van der Waals surface area contributed by atoms with Gasteiger partial charge in [0.15, 0.2) is 11.6 Å². The first kappa shape index (κ1) is 15.4. The molecule has 5 heteroatoms. The number of hydrogen-bond acceptors (Lipinski definition) is 4. The summed E-state index contributed by atoms with van der Waals surface area (Å²) in [5, 5.41) is 12.6. The lowest BCUT2D eigenvalue weighted by Crippen LogP contribution is -1.99. The zero-order valence-corrected chi connectivity index (χ0v) is 13.9. The zero-order chi connectivity index (χ0) is 17.1. The van der Waals surface area contributed by atoms with Crippen molar-refractivity contribution in [1.29, 1.82) is 0 Å². The van der Waals surface area contributed by atoms with E-state index >= 15 is 0 Å². The molecule has 1 heterocycles. The standard InChI is InChI=1S/C20H13ClN4/c21-18-12-10-17(11-13-18)20-22-19(23-25-24-20)16-8-6-15(7-9-16)14-4-2-1-3-5-14/h1-13H. The number of nitrogens with zero attached hydrogens (tertiary/aromatic N) is 4. The van der Waals surface area contributed by atoms with Crippen LogP contribution in [0.25, 0.3) is 33.9 Å². The number of hydrogen-bond donors (Lipinski definition) is 0. The van der Waals surface area contributed by atoms with Gasteiger partial charge in [-0.3, -0.25) is 0 Å². The van der Waals surface area contributed by atoms with Crippen LogP contribution in [0.3, 0.4) is 0 Å². The van der Waals surface area contributed by atoms with Crippen molar-refractivity contribution in [1.82, 2.24) is 20.4 Å². The SMILES string of the molecule is Clc1ccc(-c2nnnc(-c3ccc(-c4ccccc4)cc3)n2)cc1. The van der Waals surface area contributed by atoms with E-state index in [0.717, 1.165) is 16.7 Å². The predicted molar refractivity (Wildman–Crippen MR) is 98.9 cm³/mol. The first-order valence-corrected chi connectivity index (χ1v) is 8.16. The average molecular weight is 345 g/mol. The Bertz CT molecular complexity index is 984. The van der Waals surface area contributed by atoms with Crippen LogP contribution in [0.1, 0.15) is 0 Å². The van der Waals surface area contributed by atoms with Gasteiger partial charge in [-0.25, -0.2) is 4.98 Å².